The Morgan fingerprint density at radius 2 is 2.26 bits per heavy atom. The summed E-state index contributed by atoms with van der Waals surface area (Å²) in [6.07, 6.45) is 9.33. The van der Waals surface area contributed by atoms with Crippen LogP contribution >= 0.6 is 0 Å². The fourth-order valence-electron chi connectivity index (χ4n) is 3.98. The van der Waals surface area contributed by atoms with Crippen molar-refractivity contribution in [1.29, 1.82) is 0 Å². The van der Waals surface area contributed by atoms with Crippen LogP contribution in [0.5, 0.6) is 0 Å². The SMILES string of the molecule is CC[C@H]1CCCCN1C(=O)N[C@@H]1CCCc2c1cnn2CCO. The van der Waals surface area contributed by atoms with Crippen LogP contribution in [0.1, 0.15) is 62.7 Å². The number of fused-ring (bicyclic) bond motifs is 1. The third-order valence-corrected chi connectivity index (χ3v) is 5.23. The minimum absolute atomic E-state index is 0.0538. The Morgan fingerprint density at radius 1 is 1.39 bits per heavy atom. The Bertz CT molecular complexity index is 543. The molecular weight excluding hydrogens is 292 g/mol. The molecule has 0 saturated carbocycles. The molecule has 1 aliphatic carbocycles. The van der Waals surface area contributed by atoms with Crippen LogP contribution < -0.4 is 5.32 Å². The third-order valence-electron chi connectivity index (χ3n) is 5.23. The van der Waals surface area contributed by atoms with Crippen LogP contribution in [-0.2, 0) is 13.0 Å². The molecule has 2 atom stereocenters. The van der Waals surface area contributed by atoms with Crippen LogP contribution in [0.4, 0.5) is 4.79 Å². The molecule has 6 heteroatoms. The number of rotatable bonds is 4. The summed E-state index contributed by atoms with van der Waals surface area (Å²) in [5.41, 5.74) is 2.30. The number of hydrogen-bond acceptors (Lipinski definition) is 3. The quantitative estimate of drug-likeness (QED) is 0.894. The van der Waals surface area contributed by atoms with Crippen molar-refractivity contribution in [3.63, 3.8) is 0 Å². The van der Waals surface area contributed by atoms with Gasteiger partial charge < -0.3 is 15.3 Å². The average Bonchev–Trinajstić information content (AvgIpc) is 2.99. The molecule has 2 heterocycles. The van der Waals surface area contributed by atoms with E-state index in [1.54, 1.807) is 0 Å². The van der Waals surface area contributed by atoms with Crippen LogP contribution in [0.2, 0.25) is 0 Å². The molecule has 2 amide bonds. The Labute approximate surface area is 137 Å². The van der Waals surface area contributed by atoms with E-state index in [0.29, 0.717) is 12.6 Å². The van der Waals surface area contributed by atoms with E-state index in [2.05, 4.69) is 17.3 Å². The van der Waals surface area contributed by atoms with Crippen molar-refractivity contribution in [2.24, 2.45) is 0 Å². The van der Waals surface area contributed by atoms with Gasteiger partial charge in [-0.05, 0) is 44.9 Å². The average molecular weight is 320 g/mol. The molecule has 0 aromatic carbocycles. The van der Waals surface area contributed by atoms with Gasteiger partial charge in [-0.3, -0.25) is 4.68 Å². The number of piperidine rings is 1. The largest absolute Gasteiger partial charge is 0.394 e. The molecule has 6 nitrogen and oxygen atoms in total. The van der Waals surface area contributed by atoms with Crippen molar-refractivity contribution in [3.05, 3.63) is 17.5 Å². The molecule has 23 heavy (non-hydrogen) atoms. The van der Waals surface area contributed by atoms with Gasteiger partial charge in [0.15, 0.2) is 0 Å². The highest BCUT2D eigenvalue weighted by molar-refractivity contribution is 5.75. The Morgan fingerprint density at radius 3 is 3.04 bits per heavy atom. The first-order chi connectivity index (χ1) is 11.2. The van der Waals surface area contributed by atoms with Crippen molar-refractivity contribution in [3.8, 4) is 0 Å². The summed E-state index contributed by atoms with van der Waals surface area (Å²) in [6, 6.07) is 0.506. The van der Waals surface area contributed by atoms with Crippen molar-refractivity contribution in [1.82, 2.24) is 20.0 Å². The lowest BCUT2D eigenvalue weighted by Crippen LogP contribution is -2.49. The van der Waals surface area contributed by atoms with E-state index in [-0.39, 0.29) is 18.7 Å². The maximum absolute atomic E-state index is 12.7. The summed E-state index contributed by atoms with van der Waals surface area (Å²) in [4.78, 5) is 14.7. The zero-order chi connectivity index (χ0) is 16.2. The molecule has 2 N–H and O–H groups in total. The maximum atomic E-state index is 12.7. The summed E-state index contributed by atoms with van der Waals surface area (Å²) in [7, 11) is 0. The smallest absolute Gasteiger partial charge is 0.318 e. The van der Waals surface area contributed by atoms with Gasteiger partial charge >= 0.3 is 6.03 Å². The minimum atomic E-state index is 0.0538. The summed E-state index contributed by atoms with van der Waals surface area (Å²) in [6.45, 7) is 3.65. The number of aliphatic hydroxyl groups excluding tert-OH is 1. The molecule has 128 valence electrons. The molecular formula is C17H28N4O2. The molecule has 2 aliphatic rings. The number of carbonyl (C=O) groups excluding carboxylic acids is 1. The number of nitrogens with one attached hydrogen (secondary N) is 1. The van der Waals surface area contributed by atoms with Gasteiger partial charge in [0.05, 0.1) is 25.4 Å². The Balaban J connectivity index is 1.70. The van der Waals surface area contributed by atoms with Gasteiger partial charge in [-0.15, -0.1) is 0 Å². The highest BCUT2D eigenvalue weighted by atomic mass is 16.3. The summed E-state index contributed by atoms with van der Waals surface area (Å²) >= 11 is 0. The first-order valence-electron chi connectivity index (χ1n) is 8.97. The summed E-state index contributed by atoms with van der Waals surface area (Å²) in [5, 5.41) is 16.8. The second kappa shape index (κ2) is 7.34. The number of hydrogen-bond donors (Lipinski definition) is 2. The van der Waals surface area contributed by atoms with E-state index in [0.717, 1.165) is 50.6 Å². The zero-order valence-corrected chi connectivity index (χ0v) is 14.0. The fraction of sp³-hybridized carbons (Fsp3) is 0.765. The number of amides is 2. The van der Waals surface area contributed by atoms with Gasteiger partial charge in [0, 0.05) is 23.8 Å². The van der Waals surface area contributed by atoms with E-state index >= 15 is 0 Å². The zero-order valence-electron chi connectivity index (χ0n) is 14.0. The monoisotopic (exact) mass is 320 g/mol. The lowest BCUT2D eigenvalue weighted by atomic mass is 9.93. The highest BCUT2D eigenvalue weighted by Gasteiger charge is 2.30. The molecule has 0 spiro atoms. The van der Waals surface area contributed by atoms with E-state index in [9.17, 15) is 4.79 Å². The minimum Gasteiger partial charge on any atom is -0.394 e. The van der Waals surface area contributed by atoms with Crippen LogP contribution in [0, 0.1) is 0 Å². The van der Waals surface area contributed by atoms with Gasteiger partial charge in [-0.2, -0.15) is 5.10 Å². The molecule has 0 radical (unpaired) electrons. The van der Waals surface area contributed by atoms with E-state index in [1.165, 1.54) is 12.1 Å². The Hall–Kier alpha value is -1.56. The molecule has 1 aliphatic heterocycles. The standard InChI is InChI=1S/C17H28N4O2/c1-2-13-6-3-4-9-20(13)17(23)19-15-7-5-8-16-14(15)12-18-21(16)10-11-22/h12-13,15,22H,2-11H2,1H3,(H,19,23)/t13-,15+/m0/s1. The van der Waals surface area contributed by atoms with Crippen molar-refractivity contribution >= 4 is 6.03 Å². The number of likely N-dealkylation sites (tertiary alicyclic amines) is 1. The molecule has 1 aromatic rings. The predicted molar refractivity (Wildman–Crippen MR) is 88.2 cm³/mol. The van der Waals surface area contributed by atoms with Crippen LogP contribution in [0.3, 0.4) is 0 Å². The molecule has 1 fully saturated rings. The van der Waals surface area contributed by atoms with Crippen LogP contribution in [0.25, 0.3) is 0 Å². The van der Waals surface area contributed by atoms with Gasteiger partial charge in [0.2, 0.25) is 0 Å². The first kappa shape index (κ1) is 16.3. The second-order valence-electron chi connectivity index (χ2n) is 6.64. The summed E-state index contributed by atoms with van der Waals surface area (Å²) in [5.74, 6) is 0. The molecule has 0 bridgehead atoms. The van der Waals surface area contributed by atoms with E-state index in [4.69, 9.17) is 5.11 Å². The molecule has 3 rings (SSSR count). The number of carbonyl (C=O) groups is 1. The number of aromatic nitrogens is 2. The lowest BCUT2D eigenvalue weighted by Gasteiger charge is -2.36. The molecule has 1 saturated heterocycles. The lowest BCUT2D eigenvalue weighted by molar-refractivity contribution is 0.145. The van der Waals surface area contributed by atoms with Crippen molar-refractivity contribution in [2.75, 3.05) is 13.2 Å². The van der Waals surface area contributed by atoms with Gasteiger partial charge in [0.1, 0.15) is 0 Å². The number of nitrogens with zero attached hydrogens (tertiary/aromatic N) is 3. The molecule has 1 aromatic heterocycles. The third kappa shape index (κ3) is 3.37. The number of urea groups is 1. The Kier molecular flexibility index (Phi) is 5.20. The highest BCUT2D eigenvalue weighted by Crippen LogP contribution is 2.30. The van der Waals surface area contributed by atoms with E-state index < -0.39 is 0 Å². The van der Waals surface area contributed by atoms with E-state index in [1.807, 2.05) is 15.8 Å². The van der Waals surface area contributed by atoms with Gasteiger partial charge in [-0.25, -0.2) is 4.79 Å². The maximum Gasteiger partial charge on any atom is 0.318 e. The van der Waals surface area contributed by atoms with Crippen LogP contribution in [-0.4, -0.2) is 45.0 Å². The normalized spacial score (nSPS) is 24.3. The van der Waals surface area contributed by atoms with Gasteiger partial charge in [-0.1, -0.05) is 6.92 Å². The van der Waals surface area contributed by atoms with Crippen molar-refractivity contribution < 1.29 is 9.90 Å². The summed E-state index contributed by atoms with van der Waals surface area (Å²) < 4.78 is 1.88. The predicted octanol–water partition coefficient (Wildman–Crippen LogP) is 2.23. The molecule has 0 unspecified atom stereocenters. The number of aliphatic hydroxyl groups is 1. The van der Waals surface area contributed by atoms with Crippen LogP contribution in [0.15, 0.2) is 6.20 Å². The fourth-order valence-corrected chi connectivity index (χ4v) is 3.98. The first-order valence-corrected chi connectivity index (χ1v) is 8.97. The topological polar surface area (TPSA) is 70.4 Å². The van der Waals surface area contributed by atoms with Gasteiger partial charge in [0.25, 0.3) is 0 Å². The second-order valence-corrected chi connectivity index (χ2v) is 6.64. The van der Waals surface area contributed by atoms with Crippen molar-refractivity contribution in [2.45, 2.75) is 70.5 Å².